The summed E-state index contributed by atoms with van der Waals surface area (Å²) in [5.41, 5.74) is 4.19. The highest BCUT2D eigenvalue weighted by atomic mass is 32.2. The maximum absolute atomic E-state index is 12.6. The van der Waals surface area contributed by atoms with E-state index in [1.807, 2.05) is 6.92 Å². The third kappa shape index (κ3) is 2.08. The molecule has 0 aliphatic heterocycles. The number of allylic oxidation sites excluding steroid dienone is 2. The molecule has 20 heavy (non-hydrogen) atoms. The van der Waals surface area contributed by atoms with E-state index in [2.05, 4.69) is 4.98 Å². The smallest absolute Gasteiger partial charge is 0.313 e. The highest BCUT2D eigenvalue weighted by Crippen LogP contribution is 2.41. The van der Waals surface area contributed by atoms with E-state index in [1.165, 1.54) is 11.1 Å². The van der Waals surface area contributed by atoms with E-state index in [9.17, 15) is 9.59 Å². The van der Waals surface area contributed by atoms with E-state index in [-0.39, 0.29) is 11.3 Å². The molecule has 0 saturated heterocycles. The summed E-state index contributed by atoms with van der Waals surface area (Å²) in [6.07, 6.45) is 3.94. The molecule has 2 aliphatic rings. The number of carbonyl (C=O) groups is 1. The molecule has 0 saturated carbocycles. The monoisotopic (exact) mass is 292 g/mol. The van der Waals surface area contributed by atoms with Crippen LogP contribution in [-0.2, 0) is 17.8 Å². The van der Waals surface area contributed by atoms with Crippen LogP contribution in [0.15, 0.2) is 15.5 Å². The lowest BCUT2D eigenvalue weighted by molar-refractivity contribution is -0.133. The van der Waals surface area contributed by atoms with Gasteiger partial charge in [0.2, 0.25) is 0 Å². The Morgan fingerprint density at radius 2 is 2.25 bits per heavy atom. The maximum atomic E-state index is 12.6. The minimum absolute atomic E-state index is 0.00251. The van der Waals surface area contributed by atoms with Crippen molar-refractivity contribution >= 4 is 23.3 Å². The van der Waals surface area contributed by atoms with Gasteiger partial charge >= 0.3 is 5.97 Å². The summed E-state index contributed by atoms with van der Waals surface area (Å²) in [6.45, 7) is 2.41. The Balaban J connectivity index is 2.06. The summed E-state index contributed by atoms with van der Waals surface area (Å²) in [5.74, 6) is -0.966. The summed E-state index contributed by atoms with van der Waals surface area (Å²) < 4.78 is 1.60. The molecule has 0 unspecified atom stereocenters. The average molecular weight is 292 g/mol. The lowest BCUT2D eigenvalue weighted by Crippen LogP contribution is -2.26. The molecule has 0 fully saturated rings. The fourth-order valence-corrected chi connectivity index (χ4v) is 3.82. The fraction of sp³-hybridized carbons (Fsp3) is 0.500. The van der Waals surface area contributed by atoms with Gasteiger partial charge in [-0.15, -0.1) is 0 Å². The molecule has 1 aromatic heterocycles. The largest absolute Gasteiger partial charge is 0.481 e. The number of carboxylic acid groups (broad SMARTS) is 1. The van der Waals surface area contributed by atoms with Gasteiger partial charge in [-0.3, -0.25) is 14.2 Å². The zero-order valence-corrected chi connectivity index (χ0v) is 12.1. The molecule has 1 N–H and O–H groups in total. The van der Waals surface area contributed by atoms with Gasteiger partial charge in [0, 0.05) is 13.0 Å². The van der Waals surface area contributed by atoms with Gasteiger partial charge in [0.1, 0.15) is 0 Å². The van der Waals surface area contributed by atoms with E-state index < -0.39 is 5.97 Å². The van der Waals surface area contributed by atoms with Gasteiger partial charge in [-0.05, 0) is 31.8 Å². The molecule has 0 aromatic carbocycles. The Kier molecular flexibility index (Phi) is 3.41. The Morgan fingerprint density at radius 3 is 2.95 bits per heavy atom. The van der Waals surface area contributed by atoms with Crippen LogP contribution < -0.4 is 5.56 Å². The van der Waals surface area contributed by atoms with Crippen molar-refractivity contribution in [3.05, 3.63) is 27.2 Å². The van der Waals surface area contributed by atoms with Crippen LogP contribution in [0.4, 0.5) is 0 Å². The topological polar surface area (TPSA) is 72.2 Å². The summed E-state index contributed by atoms with van der Waals surface area (Å²) in [6, 6.07) is 0. The molecule has 0 spiro atoms. The van der Waals surface area contributed by atoms with Crippen LogP contribution in [0.3, 0.4) is 0 Å². The number of aliphatic carboxylic acids is 1. The first kappa shape index (κ1) is 13.4. The van der Waals surface area contributed by atoms with E-state index in [1.54, 1.807) is 4.57 Å². The second-order valence-electron chi connectivity index (χ2n) is 5.06. The van der Waals surface area contributed by atoms with Crippen LogP contribution in [0.25, 0.3) is 5.57 Å². The lowest BCUT2D eigenvalue weighted by Gasteiger charge is -2.12. The molecule has 1 aromatic rings. The van der Waals surface area contributed by atoms with Gasteiger partial charge in [0.25, 0.3) is 5.56 Å². The van der Waals surface area contributed by atoms with Crippen LogP contribution in [0.2, 0.25) is 0 Å². The number of fused-ring (bicyclic) bond motifs is 2. The minimum Gasteiger partial charge on any atom is -0.481 e. The molecule has 106 valence electrons. The molecular weight excluding hydrogens is 276 g/mol. The van der Waals surface area contributed by atoms with Crippen LogP contribution in [-0.4, -0.2) is 26.4 Å². The van der Waals surface area contributed by atoms with E-state index in [0.717, 1.165) is 48.7 Å². The molecule has 0 amide bonds. The highest BCUT2D eigenvalue weighted by Gasteiger charge is 2.30. The number of carboxylic acids is 1. The molecule has 6 heteroatoms. The van der Waals surface area contributed by atoms with Gasteiger partial charge in [-0.1, -0.05) is 17.3 Å². The number of rotatable bonds is 4. The van der Waals surface area contributed by atoms with Crippen molar-refractivity contribution < 1.29 is 9.90 Å². The fourth-order valence-electron chi connectivity index (χ4n) is 3.03. The Labute approximate surface area is 120 Å². The summed E-state index contributed by atoms with van der Waals surface area (Å²) in [4.78, 5) is 27.9. The molecule has 0 radical (unpaired) electrons. The summed E-state index contributed by atoms with van der Waals surface area (Å²) in [5, 5.41) is 9.32. The van der Waals surface area contributed by atoms with Crippen molar-refractivity contribution in [3.63, 3.8) is 0 Å². The molecule has 3 rings (SSSR count). The molecule has 0 atom stereocenters. The molecule has 2 aliphatic carbocycles. The van der Waals surface area contributed by atoms with Crippen molar-refractivity contribution in [3.8, 4) is 0 Å². The molecule has 1 heterocycles. The second-order valence-corrected chi connectivity index (χ2v) is 6.00. The molecule has 0 bridgehead atoms. The van der Waals surface area contributed by atoms with Gasteiger partial charge in [0.15, 0.2) is 5.16 Å². The van der Waals surface area contributed by atoms with E-state index in [4.69, 9.17) is 5.11 Å². The Bertz CT molecular complexity index is 676. The van der Waals surface area contributed by atoms with Gasteiger partial charge < -0.3 is 5.11 Å². The van der Waals surface area contributed by atoms with Crippen LogP contribution in [0.5, 0.6) is 0 Å². The third-order valence-electron chi connectivity index (χ3n) is 3.86. The summed E-state index contributed by atoms with van der Waals surface area (Å²) >= 11 is 1.12. The average Bonchev–Trinajstić information content (AvgIpc) is 2.96. The van der Waals surface area contributed by atoms with Crippen molar-refractivity contribution in [1.82, 2.24) is 9.55 Å². The highest BCUT2D eigenvalue weighted by molar-refractivity contribution is 7.99. The number of aromatic nitrogens is 2. The predicted octanol–water partition coefficient (Wildman–Crippen LogP) is 1.93. The maximum Gasteiger partial charge on any atom is 0.313 e. The number of hydrogen-bond acceptors (Lipinski definition) is 4. The Morgan fingerprint density at radius 1 is 1.45 bits per heavy atom. The third-order valence-corrected chi connectivity index (χ3v) is 4.83. The predicted molar refractivity (Wildman–Crippen MR) is 77.0 cm³/mol. The number of thioether (sulfide) groups is 1. The second kappa shape index (κ2) is 5.09. The van der Waals surface area contributed by atoms with Crippen LogP contribution in [0, 0.1) is 0 Å². The van der Waals surface area contributed by atoms with Crippen LogP contribution >= 0.6 is 11.8 Å². The van der Waals surface area contributed by atoms with Crippen molar-refractivity contribution in [2.45, 2.75) is 44.3 Å². The van der Waals surface area contributed by atoms with Gasteiger partial charge in [-0.25, -0.2) is 4.98 Å². The quantitative estimate of drug-likeness (QED) is 0.678. The SMILES string of the molecule is CCn1c(SCC(=O)O)nc2c(c1=O)C1=C(CCC1)C2. The van der Waals surface area contributed by atoms with E-state index in [0.29, 0.717) is 11.7 Å². The summed E-state index contributed by atoms with van der Waals surface area (Å²) in [7, 11) is 0. The zero-order chi connectivity index (χ0) is 14.3. The van der Waals surface area contributed by atoms with Gasteiger partial charge in [0.05, 0.1) is 17.0 Å². The standard InChI is InChI=1S/C14H16N2O3S/c1-2-16-13(19)12-9-5-3-4-8(9)6-10(12)15-14(16)20-7-11(17)18/h2-7H2,1H3,(H,17,18). The molecule has 5 nitrogen and oxygen atoms in total. The first-order chi connectivity index (χ1) is 9.61. The van der Waals surface area contributed by atoms with E-state index >= 15 is 0 Å². The first-order valence-electron chi connectivity index (χ1n) is 6.81. The van der Waals surface area contributed by atoms with Crippen LogP contribution in [0.1, 0.15) is 37.4 Å². The number of nitrogens with zero attached hydrogens (tertiary/aromatic N) is 2. The number of hydrogen-bond donors (Lipinski definition) is 1. The normalized spacial score (nSPS) is 16.4. The van der Waals surface area contributed by atoms with Crippen molar-refractivity contribution in [2.24, 2.45) is 0 Å². The molecular formula is C14H16N2O3S. The van der Waals surface area contributed by atoms with Crippen molar-refractivity contribution in [2.75, 3.05) is 5.75 Å². The first-order valence-corrected chi connectivity index (χ1v) is 7.80. The van der Waals surface area contributed by atoms with Gasteiger partial charge in [-0.2, -0.15) is 0 Å². The lowest BCUT2D eigenvalue weighted by atomic mass is 10.1. The zero-order valence-electron chi connectivity index (χ0n) is 11.3. The minimum atomic E-state index is -0.895. The van der Waals surface area contributed by atoms with Crippen molar-refractivity contribution in [1.29, 1.82) is 0 Å². The Hall–Kier alpha value is -1.56.